The first-order chi connectivity index (χ1) is 11.1. The molecule has 0 N–H and O–H groups in total. The maximum Gasteiger partial charge on any atom is 0.235 e. The highest BCUT2D eigenvalue weighted by atomic mass is 35.5. The van der Waals surface area contributed by atoms with Gasteiger partial charge < -0.3 is 0 Å². The van der Waals surface area contributed by atoms with Gasteiger partial charge in [-0.2, -0.15) is 14.7 Å². The molecule has 0 fully saturated rings. The molecular formula is C15H13ClN6S. The predicted molar refractivity (Wildman–Crippen MR) is 89.9 cm³/mol. The van der Waals surface area contributed by atoms with Crippen LogP contribution in [0.2, 0.25) is 5.02 Å². The Bertz CT molecular complexity index is 981. The molecule has 4 aromatic rings. The lowest BCUT2D eigenvalue weighted by atomic mass is 10.2. The number of fused-ring (bicyclic) bond motifs is 1. The minimum absolute atomic E-state index is 0.546. The van der Waals surface area contributed by atoms with Crippen LogP contribution in [-0.2, 0) is 6.54 Å². The molecule has 23 heavy (non-hydrogen) atoms. The normalized spacial score (nSPS) is 11.4. The lowest BCUT2D eigenvalue weighted by Crippen LogP contribution is -2.08. The molecule has 0 aliphatic heterocycles. The van der Waals surface area contributed by atoms with Crippen LogP contribution in [0.5, 0.6) is 0 Å². The van der Waals surface area contributed by atoms with E-state index in [1.165, 1.54) is 11.3 Å². The van der Waals surface area contributed by atoms with Gasteiger partial charge in [0.25, 0.3) is 0 Å². The average molecular weight is 345 g/mol. The maximum absolute atomic E-state index is 5.93. The van der Waals surface area contributed by atoms with E-state index in [0.717, 1.165) is 32.7 Å². The maximum atomic E-state index is 5.93. The van der Waals surface area contributed by atoms with Gasteiger partial charge in [0.2, 0.25) is 4.96 Å². The Balaban J connectivity index is 1.72. The zero-order chi connectivity index (χ0) is 16.0. The lowest BCUT2D eigenvalue weighted by molar-refractivity contribution is 0.617. The Morgan fingerprint density at radius 1 is 1.09 bits per heavy atom. The fourth-order valence-corrected chi connectivity index (χ4v) is 3.42. The smallest absolute Gasteiger partial charge is 0.235 e. The van der Waals surface area contributed by atoms with Crippen LogP contribution >= 0.6 is 22.9 Å². The first-order valence-corrected chi connectivity index (χ1v) is 8.28. The molecule has 0 atom stereocenters. The van der Waals surface area contributed by atoms with Crippen molar-refractivity contribution in [1.82, 2.24) is 29.6 Å². The van der Waals surface area contributed by atoms with Crippen molar-refractivity contribution >= 4 is 27.9 Å². The van der Waals surface area contributed by atoms with Crippen molar-refractivity contribution in [3.05, 3.63) is 52.6 Å². The van der Waals surface area contributed by atoms with Gasteiger partial charge in [-0.05, 0) is 32.0 Å². The van der Waals surface area contributed by atoms with E-state index in [4.69, 9.17) is 11.6 Å². The summed E-state index contributed by atoms with van der Waals surface area (Å²) < 4.78 is 3.69. The van der Waals surface area contributed by atoms with E-state index in [0.29, 0.717) is 11.6 Å². The van der Waals surface area contributed by atoms with Crippen molar-refractivity contribution in [1.29, 1.82) is 0 Å². The fourth-order valence-electron chi connectivity index (χ4n) is 2.43. The summed E-state index contributed by atoms with van der Waals surface area (Å²) in [5, 5.41) is 19.1. The molecule has 0 radical (unpaired) electrons. The number of rotatable bonds is 3. The monoisotopic (exact) mass is 344 g/mol. The molecule has 1 aromatic carbocycles. The number of hydrogen-bond donors (Lipinski definition) is 0. The van der Waals surface area contributed by atoms with Crippen LogP contribution < -0.4 is 0 Å². The van der Waals surface area contributed by atoms with Gasteiger partial charge in [-0.1, -0.05) is 35.1 Å². The third-order valence-corrected chi connectivity index (χ3v) is 4.74. The Morgan fingerprint density at radius 2 is 1.87 bits per heavy atom. The summed E-state index contributed by atoms with van der Waals surface area (Å²) in [4.78, 5) is 0.770. The van der Waals surface area contributed by atoms with Crippen molar-refractivity contribution in [3.8, 4) is 10.6 Å². The van der Waals surface area contributed by atoms with E-state index in [2.05, 4.69) is 20.4 Å². The minimum Gasteiger partial charge on any atom is -0.262 e. The molecule has 0 spiro atoms. The number of hydrogen-bond acceptors (Lipinski definition) is 5. The van der Waals surface area contributed by atoms with Crippen LogP contribution in [0.1, 0.15) is 17.2 Å². The molecule has 0 aliphatic carbocycles. The highest BCUT2D eigenvalue weighted by Gasteiger charge is 2.14. The topological polar surface area (TPSA) is 60.9 Å². The third-order valence-electron chi connectivity index (χ3n) is 3.54. The molecule has 0 saturated carbocycles. The van der Waals surface area contributed by atoms with E-state index in [9.17, 15) is 0 Å². The van der Waals surface area contributed by atoms with E-state index in [-0.39, 0.29) is 0 Å². The van der Waals surface area contributed by atoms with Gasteiger partial charge in [-0.15, -0.1) is 10.2 Å². The number of benzene rings is 1. The number of aromatic nitrogens is 6. The van der Waals surface area contributed by atoms with Gasteiger partial charge in [0.15, 0.2) is 5.82 Å². The summed E-state index contributed by atoms with van der Waals surface area (Å²) in [6.45, 7) is 4.55. The second-order valence-corrected chi connectivity index (χ2v) is 6.70. The predicted octanol–water partition coefficient (Wildman–Crippen LogP) is 3.37. The highest BCUT2D eigenvalue weighted by molar-refractivity contribution is 7.19. The number of halogens is 1. The summed E-state index contributed by atoms with van der Waals surface area (Å²) in [5.74, 6) is 0.766. The summed E-state index contributed by atoms with van der Waals surface area (Å²) in [6.07, 6.45) is 0. The van der Waals surface area contributed by atoms with Crippen molar-refractivity contribution in [3.63, 3.8) is 0 Å². The van der Waals surface area contributed by atoms with Gasteiger partial charge in [0, 0.05) is 16.3 Å². The Hall–Kier alpha value is -2.25. The molecule has 3 heterocycles. The number of aryl methyl sites for hydroxylation is 2. The molecule has 3 aromatic heterocycles. The van der Waals surface area contributed by atoms with Gasteiger partial charge >= 0.3 is 0 Å². The van der Waals surface area contributed by atoms with Gasteiger partial charge in [0.1, 0.15) is 11.6 Å². The fraction of sp³-hybridized carbons (Fsp3) is 0.200. The van der Waals surface area contributed by atoms with Crippen molar-refractivity contribution in [2.45, 2.75) is 20.4 Å². The molecule has 0 saturated heterocycles. The zero-order valence-electron chi connectivity index (χ0n) is 12.6. The van der Waals surface area contributed by atoms with E-state index >= 15 is 0 Å². The zero-order valence-corrected chi connectivity index (χ0v) is 14.1. The number of nitrogens with zero attached hydrogens (tertiary/aromatic N) is 6. The van der Waals surface area contributed by atoms with Gasteiger partial charge in [-0.25, -0.2) is 0 Å². The first-order valence-electron chi connectivity index (χ1n) is 7.08. The van der Waals surface area contributed by atoms with E-state index < -0.39 is 0 Å². The van der Waals surface area contributed by atoms with Crippen LogP contribution in [-0.4, -0.2) is 29.6 Å². The average Bonchev–Trinajstić information content (AvgIpc) is 3.17. The van der Waals surface area contributed by atoms with E-state index in [1.807, 2.05) is 48.9 Å². The summed E-state index contributed by atoms with van der Waals surface area (Å²) in [7, 11) is 0. The molecule has 6 nitrogen and oxygen atoms in total. The molecule has 8 heteroatoms. The van der Waals surface area contributed by atoms with Gasteiger partial charge in [0.05, 0.1) is 5.69 Å². The van der Waals surface area contributed by atoms with Crippen molar-refractivity contribution in [2.24, 2.45) is 0 Å². The first kappa shape index (κ1) is 14.3. The second-order valence-electron chi connectivity index (χ2n) is 5.31. The Morgan fingerprint density at radius 3 is 2.57 bits per heavy atom. The van der Waals surface area contributed by atoms with Gasteiger partial charge in [-0.3, -0.25) is 4.68 Å². The van der Waals surface area contributed by atoms with Crippen LogP contribution in [0, 0.1) is 13.8 Å². The minimum atomic E-state index is 0.546. The lowest BCUT2D eigenvalue weighted by Gasteiger charge is -2.01. The Kier molecular flexibility index (Phi) is 3.39. The molecule has 0 bridgehead atoms. The SMILES string of the molecule is Cc1cc(C)n(Cc2nnc3sc(-c4ccc(Cl)cc4)nn23)n1. The van der Waals surface area contributed by atoms with Crippen molar-refractivity contribution < 1.29 is 0 Å². The van der Waals surface area contributed by atoms with Crippen LogP contribution in [0.15, 0.2) is 30.3 Å². The van der Waals surface area contributed by atoms with Crippen molar-refractivity contribution in [2.75, 3.05) is 0 Å². The summed E-state index contributed by atoms with van der Waals surface area (Å²) in [6, 6.07) is 9.66. The summed E-state index contributed by atoms with van der Waals surface area (Å²) in [5.41, 5.74) is 3.10. The van der Waals surface area contributed by atoms with E-state index in [1.54, 1.807) is 4.52 Å². The Labute approximate surface area is 141 Å². The molecule has 4 rings (SSSR count). The highest BCUT2D eigenvalue weighted by Crippen LogP contribution is 2.26. The molecule has 0 aliphatic rings. The standard InChI is InChI=1S/C15H13ClN6S/c1-9-7-10(2)21(19-9)8-13-17-18-15-22(13)20-14(23-15)11-3-5-12(16)6-4-11/h3-7H,8H2,1-2H3. The van der Waals surface area contributed by atoms with Crippen LogP contribution in [0.25, 0.3) is 15.5 Å². The summed E-state index contributed by atoms with van der Waals surface area (Å²) >= 11 is 7.44. The quantitative estimate of drug-likeness (QED) is 0.571. The molecular weight excluding hydrogens is 332 g/mol. The molecule has 0 unspecified atom stereocenters. The van der Waals surface area contributed by atoms with Crippen LogP contribution in [0.4, 0.5) is 0 Å². The second kappa shape index (κ2) is 5.43. The molecule has 116 valence electrons. The molecule has 0 amide bonds. The third kappa shape index (κ3) is 2.62. The largest absolute Gasteiger partial charge is 0.262 e. The van der Waals surface area contributed by atoms with Crippen LogP contribution in [0.3, 0.4) is 0 Å².